The van der Waals surface area contributed by atoms with E-state index >= 15 is 0 Å². The van der Waals surface area contributed by atoms with Gasteiger partial charge in [-0.1, -0.05) is 28.9 Å². The van der Waals surface area contributed by atoms with Crippen molar-refractivity contribution in [2.45, 2.75) is 45.2 Å². The van der Waals surface area contributed by atoms with E-state index in [-0.39, 0.29) is 23.8 Å². The van der Waals surface area contributed by atoms with Crippen molar-refractivity contribution in [1.82, 2.24) is 49.2 Å². The molecule has 0 radical (unpaired) electrons. The second-order valence-electron chi connectivity index (χ2n) is 14.1. The molecule has 5 aromatic heterocycles. The van der Waals surface area contributed by atoms with Gasteiger partial charge in [0.2, 0.25) is 5.91 Å². The first kappa shape index (κ1) is 35.1. The van der Waals surface area contributed by atoms with Crippen LogP contribution in [0.3, 0.4) is 0 Å². The summed E-state index contributed by atoms with van der Waals surface area (Å²) in [6, 6.07) is 21.4. The van der Waals surface area contributed by atoms with Gasteiger partial charge < -0.3 is 19.5 Å². The number of hydrogen-bond acceptors (Lipinski definition) is 9. The Morgan fingerprint density at radius 1 is 0.946 bits per heavy atom. The monoisotopic (exact) mass is 769 g/mol. The van der Waals surface area contributed by atoms with E-state index in [0.717, 1.165) is 22.6 Å². The molecule has 15 nitrogen and oxygen atoms in total. The molecule has 2 aromatic carbocycles. The fourth-order valence-electron chi connectivity index (χ4n) is 7.62. The van der Waals surface area contributed by atoms with Crippen molar-refractivity contribution in [3.8, 4) is 28.4 Å². The van der Waals surface area contributed by atoms with Gasteiger partial charge in [0.05, 0.1) is 24.3 Å². The molecule has 2 aliphatic rings. The molecule has 0 spiro atoms. The maximum absolute atomic E-state index is 13.7. The van der Waals surface area contributed by atoms with Crippen molar-refractivity contribution in [2.75, 3.05) is 25.0 Å². The van der Waals surface area contributed by atoms with Crippen LogP contribution in [-0.2, 0) is 4.79 Å². The number of amides is 3. The number of aromatic nitrogens is 8. The SMILES string of the molecule is Cc1cc(C)n2ncc(C(=O)Nc3ccc(-c4cn(C5CCN(C6CCN(C(=O)c7cc(-c8ccco8)n(-c8ccc(Cl)cc8)n7)CC6)C5=O)nn4)cc3)c2n1. The van der Waals surface area contributed by atoms with Crippen molar-refractivity contribution >= 4 is 40.7 Å². The zero-order valence-corrected chi connectivity index (χ0v) is 31.3. The van der Waals surface area contributed by atoms with Gasteiger partial charge in [-0.2, -0.15) is 10.2 Å². The smallest absolute Gasteiger partial charge is 0.274 e. The molecule has 2 saturated heterocycles. The first-order chi connectivity index (χ1) is 27.2. The Balaban J connectivity index is 0.819. The third-order valence-corrected chi connectivity index (χ3v) is 10.7. The summed E-state index contributed by atoms with van der Waals surface area (Å²) in [7, 11) is 0. The molecule has 2 aliphatic heterocycles. The number of rotatable bonds is 8. The summed E-state index contributed by atoms with van der Waals surface area (Å²) < 4.78 is 10.6. The van der Waals surface area contributed by atoms with Crippen molar-refractivity contribution in [3.05, 3.63) is 119 Å². The second kappa shape index (κ2) is 14.2. The second-order valence-corrected chi connectivity index (χ2v) is 14.5. The first-order valence-corrected chi connectivity index (χ1v) is 18.7. The van der Waals surface area contributed by atoms with Crippen LogP contribution in [0.25, 0.3) is 34.0 Å². The average molecular weight is 770 g/mol. The van der Waals surface area contributed by atoms with Crippen LogP contribution < -0.4 is 5.32 Å². The van der Waals surface area contributed by atoms with Crippen LogP contribution in [0, 0.1) is 13.8 Å². The number of halogens is 1. The molecule has 1 atom stereocenters. The molecular weight excluding hydrogens is 734 g/mol. The lowest BCUT2D eigenvalue weighted by Gasteiger charge is -2.36. The zero-order chi connectivity index (χ0) is 38.5. The number of hydrogen-bond donors (Lipinski definition) is 1. The van der Waals surface area contributed by atoms with Crippen molar-refractivity contribution in [2.24, 2.45) is 0 Å². The zero-order valence-electron chi connectivity index (χ0n) is 30.5. The van der Waals surface area contributed by atoms with E-state index in [1.807, 2.05) is 55.1 Å². The minimum absolute atomic E-state index is 0.00153. The highest BCUT2D eigenvalue weighted by Gasteiger charge is 2.39. The highest BCUT2D eigenvalue weighted by molar-refractivity contribution is 6.30. The van der Waals surface area contributed by atoms with Crippen LogP contribution in [-0.4, -0.2) is 92.6 Å². The molecule has 16 heteroatoms. The molecule has 56 heavy (non-hydrogen) atoms. The molecule has 2 fully saturated rings. The molecule has 3 amide bonds. The topological polar surface area (TPSA) is 162 Å². The standard InChI is InChI=1S/C40H36ClN11O4/c1-24-20-25(2)51-37(43-24)31(22-42-51)38(53)44-28-9-5-26(6-10-28)33-23-50(47-45-33)34-15-18-49(40(34)55)29-13-16-48(17-14-29)39(54)32-21-35(36-4-3-19-56-36)52(46-32)30-11-7-27(41)8-12-30/h3-12,19-23,29,34H,13-18H2,1-2H3,(H,44,53). The summed E-state index contributed by atoms with van der Waals surface area (Å²) in [5, 5.41) is 21.2. The number of carbonyl (C=O) groups excluding carboxylic acids is 3. The van der Waals surface area contributed by atoms with Crippen LogP contribution in [0.2, 0.25) is 5.02 Å². The lowest BCUT2D eigenvalue weighted by molar-refractivity contribution is -0.133. The molecule has 0 saturated carbocycles. The number of furan rings is 1. The largest absolute Gasteiger partial charge is 0.463 e. The molecule has 1 unspecified atom stereocenters. The Labute approximate surface area is 325 Å². The quantitative estimate of drug-likeness (QED) is 0.195. The van der Waals surface area contributed by atoms with Crippen LogP contribution >= 0.6 is 11.6 Å². The summed E-state index contributed by atoms with van der Waals surface area (Å²) >= 11 is 6.12. The number of aryl methyl sites for hydroxylation is 2. The molecule has 9 rings (SSSR count). The van der Waals surface area contributed by atoms with Crippen molar-refractivity contribution in [1.29, 1.82) is 0 Å². The first-order valence-electron chi connectivity index (χ1n) is 18.4. The van der Waals surface area contributed by atoms with Crippen LogP contribution in [0.15, 0.2) is 95.9 Å². The van der Waals surface area contributed by atoms with E-state index in [1.165, 1.54) is 6.20 Å². The number of fused-ring (bicyclic) bond motifs is 1. The molecular formula is C40H36ClN11O4. The number of anilines is 1. The minimum Gasteiger partial charge on any atom is -0.463 e. The van der Waals surface area contributed by atoms with E-state index in [1.54, 1.807) is 67.6 Å². The van der Waals surface area contributed by atoms with Gasteiger partial charge in [-0.05, 0) is 87.7 Å². The van der Waals surface area contributed by atoms with Crippen LogP contribution in [0.4, 0.5) is 5.69 Å². The predicted octanol–water partition coefficient (Wildman–Crippen LogP) is 6.03. The number of likely N-dealkylation sites (tertiary alicyclic amines) is 2. The van der Waals surface area contributed by atoms with E-state index in [0.29, 0.717) is 83.7 Å². The van der Waals surface area contributed by atoms with Crippen LogP contribution in [0.1, 0.15) is 57.5 Å². The van der Waals surface area contributed by atoms with Crippen molar-refractivity contribution in [3.63, 3.8) is 0 Å². The third-order valence-electron chi connectivity index (χ3n) is 10.5. The lowest BCUT2D eigenvalue weighted by atomic mass is 10.0. The van der Waals surface area contributed by atoms with Gasteiger partial charge in [0.15, 0.2) is 17.1 Å². The molecule has 0 aliphatic carbocycles. The normalized spacial score (nSPS) is 16.3. The lowest BCUT2D eigenvalue weighted by Crippen LogP contribution is -2.47. The minimum atomic E-state index is -0.460. The maximum Gasteiger partial charge on any atom is 0.274 e. The summed E-state index contributed by atoms with van der Waals surface area (Å²) in [5.74, 6) is 0.116. The third kappa shape index (κ3) is 6.49. The number of nitrogens with zero attached hydrogens (tertiary/aromatic N) is 10. The van der Waals surface area contributed by atoms with Gasteiger partial charge in [-0.15, -0.1) is 5.10 Å². The molecule has 7 heterocycles. The molecule has 7 aromatic rings. The van der Waals surface area contributed by atoms with Gasteiger partial charge in [0.25, 0.3) is 11.8 Å². The Bertz CT molecular complexity index is 2580. The average Bonchev–Trinajstić information content (AvgIpc) is 4.05. The summed E-state index contributed by atoms with van der Waals surface area (Å²) in [4.78, 5) is 48.8. The summed E-state index contributed by atoms with van der Waals surface area (Å²) in [6.07, 6.45) is 6.82. The van der Waals surface area contributed by atoms with Crippen molar-refractivity contribution < 1.29 is 18.8 Å². The van der Waals surface area contributed by atoms with E-state index in [4.69, 9.17) is 16.0 Å². The van der Waals surface area contributed by atoms with Gasteiger partial charge in [0.1, 0.15) is 23.0 Å². The maximum atomic E-state index is 13.7. The van der Waals surface area contributed by atoms with Gasteiger partial charge >= 0.3 is 0 Å². The van der Waals surface area contributed by atoms with Gasteiger partial charge in [-0.25, -0.2) is 18.9 Å². The fraction of sp³-hybridized carbons (Fsp3) is 0.250. The Kier molecular flexibility index (Phi) is 8.92. The Hall–Kier alpha value is -6.61. The highest BCUT2D eigenvalue weighted by Crippen LogP contribution is 2.31. The number of piperidine rings is 1. The number of nitrogens with one attached hydrogen (secondary N) is 1. The summed E-state index contributed by atoms with van der Waals surface area (Å²) in [5.41, 5.74) is 6.34. The van der Waals surface area contributed by atoms with Crippen LogP contribution in [0.5, 0.6) is 0 Å². The fourth-order valence-corrected chi connectivity index (χ4v) is 7.74. The van der Waals surface area contributed by atoms with E-state index < -0.39 is 6.04 Å². The Morgan fingerprint density at radius 2 is 1.73 bits per heavy atom. The van der Waals surface area contributed by atoms with Gasteiger partial charge in [-0.3, -0.25) is 14.4 Å². The number of benzene rings is 2. The molecule has 282 valence electrons. The Morgan fingerprint density at radius 3 is 2.48 bits per heavy atom. The number of carbonyl (C=O) groups is 3. The summed E-state index contributed by atoms with van der Waals surface area (Å²) in [6.45, 7) is 5.40. The van der Waals surface area contributed by atoms with E-state index in [2.05, 4.69) is 30.8 Å². The predicted molar refractivity (Wildman–Crippen MR) is 206 cm³/mol. The molecule has 0 bridgehead atoms. The van der Waals surface area contributed by atoms with Gasteiger partial charge in [0, 0.05) is 59.4 Å². The van der Waals surface area contributed by atoms with E-state index in [9.17, 15) is 14.4 Å². The highest BCUT2D eigenvalue weighted by atomic mass is 35.5. The molecule has 1 N–H and O–H groups in total.